The average Bonchev–Trinajstić information content (AvgIpc) is 2.41. The van der Waals surface area contributed by atoms with E-state index in [0.29, 0.717) is 17.0 Å². The van der Waals surface area contributed by atoms with Gasteiger partial charge in [-0.2, -0.15) is 13.2 Å². The van der Waals surface area contributed by atoms with Gasteiger partial charge in [-0.05, 0) is 36.1 Å². The van der Waals surface area contributed by atoms with Gasteiger partial charge in [-0.25, -0.2) is 0 Å². The van der Waals surface area contributed by atoms with Crippen LogP contribution in [0, 0.1) is 6.92 Å². The van der Waals surface area contributed by atoms with E-state index in [2.05, 4.69) is 0 Å². The standard InChI is InChI=1S/C16H15ClF3N/c1-10-4-2-7-13(15(10)17)14(21)9-11-5-3-6-12(8-11)16(18,19)20/h2-8,14H,9,21H2,1H3. The molecule has 0 aliphatic rings. The van der Waals surface area contributed by atoms with E-state index in [-0.39, 0.29) is 0 Å². The molecule has 0 saturated carbocycles. The van der Waals surface area contributed by atoms with Crippen LogP contribution in [0.2, 0.25) is 5.02 Å². The van der Waals surface area contributed by atoms with Crippen molar-refractivity contribution in [1.82, 2.24) is 0 Å². The fourth-order valence-corrected chi connectivity index (χ4v) is 2.46. The second-order valence-corrected chi connectivity index (χ2v) is 5.36. The Morgan fingerprint density at radius 3 is 2.48 bits per heavy atom. The molecule has 21 heavy (non-hydrogen) atoms. The van der Waals surface area contributed by atoms with Crippen molar-refractivity contribution < 1.29 is 13.2 Å². The fourth-order valence-electron chi connectivity index (χ4n) is 2.20. The van der Waals surface area contributed by atoms with Gasteiger partial charge in [0, 0.05) is 11.1 Å². The van der Waals surface area contributed by atoms with E-state index in [1.807, 2.05) is 19.1 Å². The SMILES string of the molecule is Cc1cccc(C(N)Cc2cccc(C(F)(F)F)c2)c1Cl. The summed E-state index contributed by atoms with van der Waals surface area (Å²) in [6.45, 7) is 1.86. The molecule has 1 nitrogen and oxygen atoms in total. The Balaban J connectivity index is 2.24. The topological polar surface area (TPSA) is 26.0 Å². The first-order valence-corrected chi connectivity index (χ1v) is 6.83. The van der Waals surface area contributed by atoms with Crippen molar-refractivity contribution >= 4 is 11.6 Å². The minimum Gasteiger partial charge on any atom is -0.324 e. The van der Waals surface area contributed by atoms with E-state index >= 15 is 0 Å². The number of benzene rings is 2. The molecule has 1 atom stereocenters. The number of nitrogens with two attached hydrogens (primary N) is 1. The quantitative estimate of drug-likeness (QED) is 0.856. The van der Waals surface area contributed by atoms with Crippen LogP contribution in [0.3, 0.4) is 0 Å². The van der Waals surface area contributed by atoms with Crippen molar-refractivity contribution in [2.24, 2.45) is 5.73 Å². The van der Waals surface area contributed by atoms with E-state index in [9.17, 15) is 13.2 Å². The van der Waals surface area contributed by atoms with Crippen LogP contribution < -0.4 is 5.73 Å². The first-order valence-electron chi connectivity index (χ1n) is 6.46. The largest absolute Gasteiger partial charge is 0.416 e. The highest BCUT2D eigenvalue weighted by atomic mass is 35.5. The summed E-state index contributed by atoms with van der Waals surface area (Å²) in [7, 11) is 0. The summed E-state index contributed by atoms with van der Waals surface area (Å²) in [5.74, 6) is 0. The average molecular weight is 314 g/mol. The number of rotatable bonds is 3. The maximum absolute atomic E-state index is 12.7. The van der Waals surface area contributed by atoms with Gasteiger partial charge in [-0.15, -0.1) is 0 Å². The van der Waals surface area contributed by atoms with Crippen molar-refractivity contribution in [3.05, 3.63) is 69.7 Å². The van der Waals surface area contributed by atoms with E-state index in [1.54, 1.807) is 12.1 Å². The number of aryl methyl sites for hydroxylation is 1. The summed E-state index contributed by atoms with van der Waals surface area (Å²) in [5.41, 5.74) is 7.60. The van der Waals surface area contributed by atoms with Crippen molar-refractivity contribution in [2.45, 2.75) is 25.6 Å². The third-order valence-corrected chi connectivity index (χ3v) is 3.85. The van der Waals surface area contributed by atoms with E-state index < -0.39 is 17.8 Å². The number of halogens is 4. The van der Waals surface area contributed by atoms with Crippen LogP contribution in [0.4, 0.5) is 13.2 Å². The molecule has 0 spiro atoms. The van der Waals surface area contributed by atoms with Crippen molar-refractivity contribution in [1.29, 1.82) is 0 Å². The molecular formula is C16H15ClF3N. The molecule has 2 N–H and O–H groups in total. The molecule has 2 aromatic rings. The van der Waals surface area contributed by atoms with Crippen molar-refractivity contribution in [3.63, 3.8) is 0 Å². The summed E-state index contributed by atoms with van der Waals surface area (Å²) in [4.78, 5) is 0. The minimum atomic E-state index is -4.35. The zero-order chi connectivity index (χ0) is 15.6. The zero-order valence-corrected chi connectivity index (χ0v) is 12.2. The molecule has 0 fully saturated rings. The summed E-state index contributed by atoms with van der Waals surface area (Å²) in [6.07, 6.45) is -4.05. The van der Waals surface area contributed by atoms with Gasteiger partial charge < -0.3 is 5.73 Å². The molecule has 5 heteroatoms. The van der Waals surface area contributed by atoms with Gasteiger partial charge in [0.05, 0.1) is 5.56 Å². The molecule has 112 valence electrons. The van der Waals surface area contributed by atoms with Crippen LogP contribution in [-0.2, 0) is 12.6 Å². The highest BCUT2D eigenvalue weighted by Gasteiger charge is 2.30. The zero-order valence-electron chi connectivity index (χ0n) is 11.4. The number of hydrogen-bond donors (Lipinski definition) is 1. The first-order chi connectivity index (χ1) is 9.79. The Labute approximate surface area is 126 Å². The highest BCUT2D eigenvalue weighted by Crippen LogP contribution is 2.31. The molecule has 0 aliphatic heterocycles. The van der Waals surface area contributed by atoms with Crippen LogP contribution in [0.5, 0.6) is 0 Å². The lowest BCUT2D eigenvalue weighted by Crippen LogP contribution is -2.15. The van der Waals surface area contributed by atoms with Gasteiger partial charge in [0.15, 0.2) is 0 Å². The summed E-state index contributed by atoms with van der Waals surface area (Å²) < 4.78 is 38.1. The van der Waals surface area contributed by atoms with Crippen LogP contribution in [-0.4, -0.2) is 0 Å². The first kappa shape index (κ1) is 15.9. The molecule has 0 aromatic heterocycles. The van der Waals surface area contributed by atoms with Crippen LogP contribution in [0.15, 0.2) is 42.5 Å². The lowest BCUT2D eigenvalue weighted by atomic mass is 9.97. The predicted molar refractivity (Wildman–Crippen MR) is 78.3 cm³/mol. The van der Waals surface area contributed by atoms with E-state index in [1.165, 1.54) is 6.07 Å². The second kappa shape index (κ2) is 6.08. The molecular weight excluding hydrogens is 299 g/mol. The Morgan fingerprint density at radius 1 is 1.14 bits per heavy atom. The van der Waals surface area contributed by atoms with Gasteiger partial charge in [-0.1, -0.05) is 48.0 Å². The summed E-state index contributed by atoms with van der Waals surface area (Å²) in [6, 6.07) is 10.3. The molecule has 0 heterocycles. The second-order valence-electron chi connectivity index (χ2n) is 4.99. The van der Waals surface area contributed by atoms with Crippen LogP contribution in [0.1, 0.15) is 28.3 Å². The molecule has 2 rings (SSSR count). The highest BCUT2D eigenvalue weighted by molar-refractivity contribution is 6.32. The molecule has 0 radical (unpaired) electrons. The van der Waals surface area contributed by atoms with Gasteiger partial charge in [0.2, 0.25) is 0 Å². The van der Waals surface area contributed by atoms with E-state index in [4.69, 9.17) is 17.3 Å². The monoisotopic (exact) mass is 313 g/mol. The Bertz CT molecular complexity index is 638. The number of alkyl halides is 3. The third kappa shape index (κ3) is 3.77. The maximum Gasteiger partial charge on any atom is 0.416 e. The van der Waals surface area contributed by atoms with Crippen molar-refractivity contribution in [2.75, 3.05) is 0 Å². The van der Waals surface area contributed by atoms with Gasteiger partial charge in [0.25, 0.3) is 0 Å². The van der Waals surface area contributed by atoms with Crippen LogP contribution in [0.25, 0.3) is 0 Å². The van der Waals surface area contributed by atoms with Crippen LogP contribution >= 0.6 is 11.6 Å². The van der Waals surface area contributed by atoms with Gasteiger partial charge in [0.1, 0.15) is 0 Å². The predicted octanol–water partition coefficient (Wildman–Crippen LogP) is 4.91. The lowest BCUT2D eigenvalue weighted by molar-refractivity contribution is -0.137. The molecule has 0 aliphatic carbocycles. The Morgan fingerprint density at radius 2 is 1.81 bits per heavy atom. The molecule has 0 saturated heterocycles. The molecule has 0 bridgehead atoms. The minimum absolute atomic E-state index is 0.299. The normalized spacial score (nSPS) is 13.2. The summed E-state index contributed by atoms with van der Waals surface area (Å²) in [5, 5.41) is 0.567. The number of hydrogen-bond acceptors (Lipinski definition) is 1. The fraction of sp³-hybridized carbons (Fsp3) is 0.250. The van der Waals surface area contributed by atoms with Gasteiger partial charge in [-0.3, -0.25) is 0 Å². The van der Waals surface area contributed by atoms with Gasteiger partial charge >= 0.3 is 6.18 Å². The molecule has 2 aromatic carbocycles. The smallest absolute Gasteiger partial charge is 0.324 e. The Hall–Kier alpha value is -1.52. The van der Waals surface area contributed by atoms with Crippen molar-refractivity contribution in [3.8, 4) is 0 Å². The molecule has 1 unspecified atom stereocenters. The maximum atomic E-state index is 12.7. The Kier molecular flexibility index (Phi) is 4.59. The lowest BCUT2D eigenvalue weighted by Gasteiger charge is -2.16. The molecule has 0 amide bonds. The summed E-state index contributed by atoms with van der Waals surface area (Å²) >= 11 is 6.20. The van der Waals surface area contributed by atoms with E-state index in [0.717, 1.165) is 23.3 Å². The third-order valence-electron chi connectivity index (χ3n) is 3.33.